The van der Waals surface area contributed by atoms with Crippen molar-refractivity contribution in [2.45, 2.75) is 39.8 Å². The van der Waals surface area contributed by atoms with Crippen molar-refractivity contribution in [2.24, 2.45) is 0 Å². The van der Waals surface area contributed by atoms with Crippen LogP contribution in [-0.2, 0) is 9.47 Å². The van der Waals surface area contributed by atoms with Crippen LogP contribution in [0, 0.1) is 13.8 Å². The van der Waals surface area contributed by atoms with Gasteiger partial charge < -0.3 is 14.8 Å². The molecular formula is C16H27NO2. The van der Waals surface area contributed by atoms with Crippen LogP contribution in [0.3, 0.4) is 0 Å². The van der Waals surface area contributed by atoms with Crippen LogP contribution in [0.15, 0.2) is 18.2 Å². The van der Waals surface area contributed by atoms with E-state index in [2.05, 4.69) is 37.4 Å². The second kappa shape index (κ2) is 8.31. The topological polar surface area (TPSA) is 30.5 Å². The Bertz CT molecular complexity index is 357. The molecule has 19 heavy (non-hydrogen) atoms. The molecule has 0 fully saturated rings. The van der Waals surface area contributed by atoms with Gasteiger partial charge in [-0.25, -0.2) is 0 Å². The molecule has 0 aliphatic carbocycles. The molecule has 0 bridgehead atoms. The fourth-order valence-corrected chi connectivity index (χ4v) is 2.10. The molecule has 1 unspecified atom stereocenters. The van der Waals surface area contributed by atoms with Crippen molar-refractivity contribution in [1.29, 1.82) is 0 Å². The Balaban J connectivity index is 2.44. The average molecular weight is 265 g/mol. The van der Waals surface area contributed by atoms with Crippen LogP contribution in [0.25, 0.3) is 0 Å². The van der Waals surface area contributed by atoms with Gasteiger partial charge in [0.15, 0.2) is 0 Å². The van der Waals surface area contributed by atoms with Gasteiger partial charge in [-0.15, -0.1) is 0 Å². The Morgan fingerprint density at radius 3 is 2.21 bits per heavy atom. The molecule has 1 rings (SSSR count). The SMILES string of the molecule is CNC(COCCOC(C)C)c1cc(C)cc(C)c1. The molecule has 0 aliphatic rings. The smallest absolute Gasteiger partial charge is 0.0703 e. The lowest BCUT2D eigenvalue weighted by atomic mass is 10.0. The summed E-state index contributed by atoms with van der Waals surface area (Å²) in [6.45, 7) is 10.3. The normalized spacial score (nSPS) is 12.9. The summed E-state index contributed by atoms with van der Waals surface area (Å²) < 4.78 is 11.1. The van der Waals surface area contributed by atoms with E-state index in [0.29, 0.717) is 19.8 Å². The standard InChI is InChI=1S/C16H27NO2/c1-12(2)19-7-6-18-11-16(17-5)15-9-13(3)8-14(4)10-15/h8-10,12,16-17H,6-7,11H2,1-5H3. The molecule has 0 aromatic heterocycles. The van der Waals surface area contributed by atoms with Crippen LogP contribution >= 0.6 is 0 Å². The van der Waals surface area contributed by atoms with Crippen molar-refractivity contribution >= 4 is 0 Å². The molecule has 1 aromatic carbocycles. The summed E-state index contributed by atoms with van der Waals surface area (Å²) >= 11 is 0. The Labute approximate surface area is 117 Å². The fourth-order valence-electron chi connectivity index (χ4n) is 2.10. The van der Waals surface area contributed by atoms with E-state index >= 15 is 0 Å². The van der Waals surface area contributed by atoms with Crippen molar-refractivity contribution in [3.05, 3.63) is 34.9 Å². The maximum Gasteiger partial charge on any atom is 0.0703 e. The van der Waals surface area contributed by atoms with E-state index < -0.39 is 0 Å². The van der Waals surface area contributed by atoms with Crippen LogP contribution in [-0.4, -0.2) is 33.0 Å². The van der Waals surface area contributed by atoms with Gasteiger partial charge in [-0.2, -0.15) is 0 Å². The van der Waals surface area contributed by atoms with Gasteiger partial charge in [-0.05, 0) is 40.3 Å². The van der Waals surface area contributed by atoms with Crippen molar-refractivity contribution in [2.75, 3.05) is 26.9 Å². The third-order valence-electron chi connectivity index (χ3n) is 2.96. The zero-order valence-corrected chi connectivity index (χ0v) is 12.8. The van der Waals surface area contributed by atoms with E-state index in [1.807, 2.05) is 20.9 Å². The second-order valence-corrected chi connectivity index (χ2v) is 5.26. The molecule has 108 valence electrons. The summed E-state index contributed by atoms with van der Waals surface area (Å²) in [5.74, 6) is 0. The third kappa shape index (κ3) is 6.19. The van der Waals surface area contributed by atoms with E-state index in [9.17, 15) is 0 Å². The van der Waals surface area contributed by atoms with E-state index in [4.69, 9.17) is 9.47 Å². The molecule has 1 atom stereocenters. The highest BCUT2D eigenvalue weighted by molar-refractivity contribution is 5.30. The quantitative estimate of drug-likeness (QED) is 0.733. The number of rotatable bonds is 8. The Hall–Kier alpha value is -0.900. The van der Waals surface area contributed by atoms with Gasteiger partial charge in [-0.3, -0.25) is 0 Å². The molecule has 3 nitrogen and oxygen atoms in total. The first kappa shape index (κ1) is 16.2. The minimum atomic E-state index is 0.234. The summed E-state index contributed by atoms with van der Waals surface area (Å²) in [5.41, 5.74) is 3.86. The van der Waals surface area contributed by atoms with Gasteiger partial charge in [0.05, 0.1) is 32.0 Å². The van der Waals surface area contributed by atoms with E-state index in [1.165, 1.54) is 16.7 Å². The molecule has 1 N–H and O–H groups in total. The summed E-state index contributed by atoms with van der Waals surface area (Å²) in [6.07, 6.45) is 0.267. The number of ether oxygens (including phenoxy) is 2. The lowest BCUT2D eigenvalue weighted by Gasteiger charge is -2.18. The second-order valence-electron chi connectivity index (χ2n) is 5.26. The van der Waals surface area contributed by atoms with Gasteiger partial charge in [0.2, 0.25) is 0 Å². The molecule has 3 heteroatoms. The highest BCUT2D eigenvalue weighted by atomic mass is 16.5. The zero-order chi connectivity index (χ0) is 14.3. The lowest BCUT2D eigenvalue weighted by molar-refractivity contribution is 0.0142. The van der Waals surface area contributed by atoms with Gasteiger partial charge >= 0.3 is 0 Å². The highest BCUT2D eigenvalue weighted by Gasteiger charge is 2.10. The minimum Gasteiger partial charge on any atom is -0.377 e. The first-order valence-corrected chi connectivity index (χ1v) is 6.97. The molecule has 0 saturated carbocycles. The number of likely N-dealkylation sites (N-methyl/N-ethyl adjacent to an activating group) is 1. The van der Waals surface area contributed by atoms with Crippen LogP contribution in [0.5, 0.6) is 0 Å². The summed E-state index contributed by atoms with van der Waals surface area (Å²) in [5, 5.41) is 3.31. The van der Waals surface area contributed by atoms with Crippen LogP contribution in [0.2, 0.25) is 0 Å². The predicted octanol–water partition coefficient (Wildman–Crippen LogP) is 3.01. The highest BCUT2D eigenvalue weighted by Crippen LogP contribution is 2.17. The van der Waals surface area contributed by atoms with Gasteiger partial charge in [-0.1, -0.05) is 29.3 Å². The molecular weight excluding hydrogens is 238 g/mol. The number of benzene rings is 1. The molecule has 0 aliphatic heterocycles. The fraction of sp³-hybridized carbons (Fsp3) is 0.625. The number of aryl methyl sites for hydroxylation is 2. The molecule has 0 amide bonds. The maximum absolute atomic E-state index is 5.68. The largest absolute Gasteiger partial charge is 0.377 e. The predicted molar refractivity (Wildman–Crippen MR) is 79.6 cm³/mol. The third-order valence-corrected chi connectivity index (χ3v) is 2.96. The number of nitrogens with one attached hydrogen (secondary N) is 1. The minimum absolute atomic E-state index is 0.234. The van der Waals surface area contributed by atoms with E-state index in [-0.39, 0.29) is 12.1 Å². The van der Waals surface area contributed by atoms with Crippen LogP contribution in [0.1, 0.15) is 36.6 Å². The van der Waals surface area contributed by atoms with Gasteiger partial charge in [0.25, 0.3) is 0 Å². The maximum atomic E-state index is 5.68. The Morgan fingerprint density at radius 2 is 1.68 bits per heavy atom. The average Bonchev–Trinajstić information content (AvgIpc) is 2.32. The van der Waals surface area contributed by atoms with Crippen molar-refractivity contribution in [1.82, 2.24) is 5.32 Å². The first-order chi connectivity index (χ1) is 9.02. The van der Waals surface area contributed by atoms with Crippen LogP contribution < -0.4 is 5.32 Å². The number of hydrogen-bond donors (Lipinski definition) is 1. The van der Waals surface area contributed by atoms with Gasteiger partial charge in [0, 0.05) is 0 Å². The number of hydrogen-bond acceptors (Lipinski definition) is 3. The first-order valence-electron chi connectivity index (χ1n) is 6.97. The molecule has 1 aromatic rings. The van der Waals surface area contributed by atoms with E-state index in [1.54, 1.807) is 0 Å². The summed E-state index contributed by atoms with van der Waals surface area (Å²) in [6, 6.07) is 6.84. The lowest BCUT2D eigenvalue weighted by Crippen LogP contribution is -2.23. The molecule has 0 spiro atoms. The van der Waals surface area contributed by atoms with Gasteiger partial charge in [0.1, 0.15) is 0 Å². The molecule has 0 heterocycles. The summed E-state index contributed by atoms with van der Waals surface area (Å²) in [7, 11) is 1.97. The van der Waals surface area contributed by atoms with Crippen LogP contribution in [0.4, 0.5) is 0 Å². The molecule has 0 saturated heterocycles. The Morgan fingerprint density at radius 1 is 1.05 bits per heavy atom. The van der Waals surface area contributed by atoms with Crippen molar-refractivity contribution in [3.63, 3.8) is 0 Å². The monoisotopic (exact) mass is 265 g/mol. The van der Waals surface area contributed by atoms with E-state index in [0.717, 1.165) is 0 Å². The zero-order valence-electron chi connectivity index (χ0n) is 12.8. The molecule has 0 radical (unpaired) electrons. The Kier molecular flexibility index (Phi) is 7.06. The van der Waals surface area contributed by atoms with Crippen molar-refractivity contribution in [3.8, 4) is 0 Å². The summed E-state index contributed by atoms with van der Waals surface area (Å²) in [4.78, 5) is 0. The van der Waals surface area contributed by atoms with Crippen molar-refractivity contribution < 1.29 is 9.47 Å².